The van der Waals surface area contributed by atoms with Gasteiger partial charge in [-0.25, -0.2) is 0 Å². The summed E-state index contributed by atoms with van der Waals surface area (Å²) in [5, 5.41) is 2.54. The molecule has 2 atom stereocenters. The zero-order valence-corrected chi connectivity index (χ0v) is 17.0. The molecule has 1 aliphatic heterocycles. The lowest BCUT2D eigenvalue weighted by atomic mass is 9.96. The number of hydrogen-bond donors (Lipinski definition) is 2. The van der Waals surface area contributed by atoms with Crippen molar-refractivity contribution in [3.63, 3.8) is 0 Å². The second-order valence-corrected chi connectivity index (χ2v) is 6.47. The van der Waals surface area contributed by atoms with Crippen LogP contribution in [0.15, 0.2) is 30.3 Å². The fourth-order valence-electron chi connectivity index (χ4n) is 3.18. The zero-order chi connectivity index (χ0) is 17.5. The van der Waals surface area contributed by atoms with Crippen LogP contribution in [0.4, 0.5) is 0 Å². The van der Waals surface area contributed by atoms with Crippen LogP contribution in [0.3, 0.4) is 0 Å². The topological polar surface area (TPSA) is 78.7 Å². The quantitative estimate of drug-likeness (QED) is 0.751. The van der Waals surface area contributed by atoms with Crippen molar-refractivity contribution in [2.75, 3.05) is 26.7 Å². The Morgan fingerprint density at radius 1 is 1.27 bits per heavy atom. The van der Waals surface area contributed by atoms with E-state index in [1.807, 2.05) is 13.1 Å². The molecule has 1 aromatic carbocycles. The van der Waals surface area contributed by atoms with E-state index in [0.717, 1.165) is 25.9 Å². The molecular weight excluding hydrogens is 375 g/mol. The molecule has 8 heteroatoms. The van der Waals surface area contributed by atoms with E-state index in [9.17, 15) is 9.59 Å². The Hall–Kier alpha value is -1.34. The highest BCUT2D eigenvalue weighted by molar-refractivity contribution is 5.86. The van der Waals surface area contributed by atoms with E-state index in [-0.39, 0.29) is 55.8 Å². The van der Waals surface area contributed by atoms with Gasteiger partial charge in [0.2, 0.25) is 11.8 Å². The highest BCUT2D eigenvalue weighted by Crippen LogP contribution is 2.22. The summed E-state index contributed by atoms with van der Waals surface area (Å²) in [6, 6.07) is 11.1. The second kappa shape index (κ2) is 12.1. The number of amides is 2. The minimum atomic E-state index is -0.303. The van der Waals surface area contributed by atoms with Crippen LogP contribution in [-0.2, 0) is 16.1 Å². The van der Waals surface area contributed by atoms with Gasteiger partial charge in [-0.15, -0.1) is 24.8 Å². The van der Waals surface area contributed by atoms with Gasteiger partial charge >= 0.3 is 0 Å². The lowest BCUT2D eigenvalue weighted by Gasteiger charge is -2.41. The minimum Gasteiger partial charge on any atom is -0.346 e. The van der Waals surface area contributed by atoms with Crippen molar-refractivity contribution in [1.82, 2.24) is 15.1 Å². The Morgan fingerprint density at radius 2 is 1.92 bits per heavy atom. The van der Waals surface area contributed by atoms with Crippen LogP contribution < -0.4 is 11.1 Å². The molecule has 1 aliphatic rings. The standard InChI is InChI=1S/C18H28N4O2.2ClH/c1-14-10-16(21(2)18(24)12-20-17(23)11-19)8-9-22(14)13-15-6-4-3-5-7-15;;/h3-7,14,16H,8-13,19H2,1-2H3,(H,20,23);2*1H. The molecule has 2 unspecified atom stereocenters. The molecule has 2 amide bonds. The molecule has 1 fully saturated rings. The van der Waals surface area contributed by atoms with E-state index in [2.05, 4.69) is 41.4 Å². The summed E-state index contributed by atoms with van der Waals surface area (Å²) in [5.74, 6) is -0.367. The minimum absolute atomic E-state index is 0. The van der Waals surface area contributed by atoms with E-state index in [4.69, 9.17) is 5.73 Å². The van der Waals surface area contributed by atoms with Gasteiger partial charge in [0.1, 0.15) is 0 Å². The third-order valence-corrected chi connectivity index (χ3v) is 4.78. The Bertz CT molecular complexity index is 559. The Morgan fingerprint density at radius 3 is 2.50 bits per heavy atom. The van der Waals surface area contributed by atoms with E-state index in [0.29, 0.717) is 6.04 Å². The van der Waals surface area contributed by atoms with Gasteiger partial charge < -0.3 is 16.0 Å². The van der Waals surface area contributed by atoms with Crippen LogP contribution in [0.5, 0.6) is 0 Å². The van der Waals surface area contributed by atoms with Crippen LogP contribution in [0.25, 0.3) is 0 Å². The van der Waals surface area contributed by atoms with Gasteiger partial charge in [-0.2, -0.15) is 0 Å². The first-order chi connectivity index (χ1) is 11.5. The average molecular weight is 405 g/mol. The number of likely N-dealkylation sites (N-methyl/N-ethyl adjacent to an activating group) is 1. The van der Waals surface area contributed by atoms with Crippen molar-refractivity contribution in [2.45, 2.75) is 38.4 Å². The molecule has 148 valence electrons. The molecule has 0 spiro atoms. The van der Waals surface area contributed by atoms with E-state index in [1.165, 1.54) is 5.56 Å². The number of piperidine rings is 1. The van der Waals surface area contributed by atoms with Gasteiger partial charge in [-0.1, -0.05) is 30.3 Å². The van der Waals surface area contributed by atoms with Gasteiger partial charge in [0.05, 0.1) is 13.1 Å². The number of nitrogens with zero attached hydrogens (tertiary/aromatic N) is 2. The van der Waals surface area contributed by atoms with Gasteiger partial charge in [0.15, 0.2) is 0 Å². The summed E-state index contributed by atoms with van der Waals surface area (Å²) < 4.78 is 0. The van der Waals surface area contributed by atoms with Crippen LogP contribution in [0.1, 0.15) is 25.3 Å². The summed E-state index contributed by atoms with van der Waals surface area (Å²) in [6.45, 7) is 4.05. The maximum absolute atomic E-state index is 12.2. The first-order valence-electron chi connectivity index (χ1n) is 8.51. The SMILES string of the molecule is CC1CC(N(C)C(=O)CNC(=O)CN)CCN1Cc1ccccc1.Cl.Cl. The molecule has 0 saturated carbocycles. The van der Waals surface area contributed by atoms with Crippen LogP contribution >= 0.6 is 24.8 Å². The molecule has 0 aromatic heterocycles. The van der Waals surface area contributed by atoms with Crippen molar-refractivity contribution in [3.8, 4) is 0 Å². The third kappa shape index (κ3) is 7.11. The van der Waals surface area contributed by atoms with Gasteiger partial charge in [0, 0.05) is 32.2 Å². The Kier molecular flexibility index (Phi) is 11.5. The molecule has 1 saturated heterocycles. The zero-order valence-electron chi connectivity index (χ0n) is 15.4. The highest BCUT2D eigenvalue weighted by atomic mass is 35.5. The Balaban J connectivity index is 0.00000312. The molecule has 1 aromatic rings. The smallest absolute Gasteiger partial charge is 0.241 e. The van der Waals surface area contributed by atoms with Crippen molar-refractivity contribution in [2.24, 2.45) is 5.73 Å². The monoisotopic (exact) mass is 404 g/mol. The summed E-state index contributed by atoms with van der Waals surface area (Å²) in [6.07, 6.45) is 1.89. The van der Waals surface area contributed by atoms with Crippen molar-refractivity contribution >= 4 is 36.6 Å². The molecule has 0 aliphatic carbocycles. The number of benzene rings is 1. The summed E-state index contributed by atoms with van der Waals surface area (Å²) in [4.78, 5) is 27.6. The second-order valence-electron chi connectivity index (χ2n) is 6.47. The molecule has 3 N–H and O–H groups in total. The number of hydrogen-bond acceptors (Lipinski definition) is 4. The van der Waals surface area contributed by atoms with Crippen LogP contribution in [0, 0.1) is 0 Å². The number of halogens is 2. The number of carbonyl (C=O) groups excluding carboxylic acids is 2. The fourth-order valence-corrected chi connectivity index (χ4v) is 3.18. The van der Waals surface area contributed by atoms with Gasteiger partial charge in [-0.3, -0.25) is 14.5 Å². The number of rotatable bonds is 6. The van der Waals surface area contributed by atoms with Crippen molar-refractivity contribution in [1.29, 1.82) is 0 Å². The van der Waals surface area contributed by atoms with Gasteiger partial charge in [-0.05, 0) is 25.3 Å². The summed E-state index contributed by atoms with van der Waals surface area (Å²) in [7, 11) is 1.82. The summed E-state index contributed by atoms with van der Waals surface area (Å²) in [5.41, 5.74) is 6.55. The molecule has 0 bridgehead atoms. The van der Waals surface area contributed by atoms with E-state index in [1.54, 1.807) is 4.90 Å². The van der Waals surface area contributed by atoms with Gasteiger partial charge in [0.25, 0.3) is 0 Å². The molecule has 1 heterocycles. The normalized spacial score (nSPS) is 19.7. The van der Waals surface area contributed by atoms with Crippen molar-refractivity contribution in [3.05, 3.63) is 35.9 Å². The van der Waals surface area contributed by atoms with Crippen LogP contribution in [0.2, 0.25) is 0 Å². The predicted molar refractivity (Wildman–Crippen MR) is 109 cm³/mol. The maximum atomic E-state index is 12.2. The fraction of sp³-hybridized carbons (Fsp3) is 0.556. The molecule has 6 nitrogen and oxygen atoms in total. The van der Waals surface area contributed by atoms with Crippen molar-refractivity contribution < 1.29 is 9.59 Å². The highest BCUT2D eigenvalue weighted by Gasteiger charge is 2.29. The summed E-state index contributed by atoms with van der Waals surface area (Å²) >= 11 is 0. The third-order valence-electron chi connectivity index (χ3n) is 4.78. The lowest BCUT2D eigenvalue weighted by molar-refractivity contribution is -0.134. The number of nitrogens with two attached hydrogens (primary N) is 1. The predicted octanol–water partition coefficient (Wildman–Crippen LogP) is 1.42. The molecule has 26 heavy (non-hydrogen) atoms. The number of likely N-dealkylation sites (tertiary alicyclic amines) is 1. The molecular formula is C18H30Cl2N4O2. The maximum Gasteiger partial charge on any atom is 0.241 e. The first-order valence-corrected chi connectivity index (χ1v) is 8.51. The number of carbonyl (C=O) groups is 2. The largest absolute Gasteiger partial charge is 0.346 e. The van der Waals surface area contributed by atoms with E-state index < -0.39 is 0 Å². The van der Waals surface area contributed by atoms with E-state index >= 15 is 0 Å². The lowest BCUT2D eigenvalue weighted by Crippen LogP contribution is -2.51. The average Bonchev–Trinajstić information content (AvgIpc) is 2.61. The molecule has 2 rings (SSSR count). The van der Waals surface area contributed by atoms with Crippen LogP contribution in [-0.4, -0.2) is 60.4 Å². The first kappa shape index (κ1) is 24.7. The molecule has 0 radical (unpaired) electrons. The Labute approximate surface area is 168 Å². The number of nitrogens with one attached hydrogen (secondary N) is 1.